The molecule has 0 saturated carbocycles. The summed E-state index contributed by atoms with van der Waals surface area (Å²) in [4.78, 5) is 62.9. The van der Waals surface area contributed by atoms with Crippen LogP contribution < -0.4 is 0 Å². The van der Waals surface area contributed by atoms with Crippen LogP contribution in [0.4, 0.5) is 0 Å². The van der Waals surface area contributed by atoms with Crippen LogP contribution in [0.5, 0.6) is 0 Å². The molecule has 0 fully saturated rings. The summed E-state index contributed by atoms with van der Waals surface area (Å²) in [6, 6.07) is 23.3. The van der Waals surface area contributed by atoms with Crippen molar-refractivity contribution >= 4 is 80.3 Å². The average Bonchev–Trinajstić information content (AvgIpc) is 3.88. The molecule has 0 radical (unpaired) electrons. The lowest BCUT2D eigenvalue weighted by molar-refractivity contribution is 0.102. The van der Waals surface area contributed by atoms with E-state index in [1.54, 1.807) is 18.2 Å². The van der Waals surface area contributed by atoms with Crippen LogP contribution in [0, 0.1) is 0 Å². The van der Waals surface area contributed by atoms with Crippen LogP contribution in [0.15, 0.2) is 72.8 Å². The lowest BCUT2D eigenvalue weighted by atomic mass is 9.85. The lowest BCUT2D eigenvalue weighted by Crippen LogP contribution is -2.10. The van der Waals surface area contributed by atoms with Gasteiger partial charge in [-0.25, -0.2) is 29.9 Å². The molecule has 4 aromatic carbocycles. The molecule has 8 bridgehead atoms. The van der Waals surface area contributed by atoms with Gasteiger partial charge >= 0.3 is 0 Å². The van der Waals surface area contributed by atoms with E-state index in [0.29, 0.717) is 67.8 Å². The van der Waals surface area contributed by atoms with Gasteiger partial charge in [-0.05, 0) is 64.4 Å². The second-order valence-electron chi connectivity index (χ2n) is 16.0. The Hall–Kier alpha value is -5.72. The maximum Gasteiger partial charge on any atom is 0.216 e. The van der Waals surface area contributed by atoms with Crippen molar-refractivity contribution in [3.05, 3.63) is 95.1 Å². The van der Waals surface area contributed by atoms with Gasteiger partial charge in [-0.15, -0.1) is 12.6 Å². The fourth-order valence-corrected chi connectivity index (χ4v) is 7.45. The molecule has 5 heterocycles. The third kappa shape index (κ3) is 5.91. The molecule has 12 heteroatoms. The van der Waals surface area contributed by atoms with E-state index in [2.05, 4.69) is 101 Å². The van der Waals surface area contributed by atoms with Gasteiger partial charge in [0.05, 0.1) is 5.75 Å². The number of benzene rings is 4. The molecule has 3 aromatic heterocycles. The first-order valence-corrected chi connectivity index (χ1v) is 19.0. The Morgan fingerprint density at radius 3 is 1.33 bits per heavy atom. The molecule has 9 rings (SSSR count). The summed E-state index contributed by atoms with van der Waals surface area (Å²) in [6.07, 6.45) is 0. The Morgan fingerprint density at radius 1 is 0.509 bits per heavy atom. The highest BCUT2D eigenvalue weighted by molar-refractivity contribution is 7.97. The van der Waals surface area contributed by atoms with Crippen molar-refractivity contribution in [3.8, 4) is 45.6 Å². The number of nitrogens with one attached hydrogen (secondary N) is 2. The number of Topliss-reactive ketones (excluding diaryl/α,β-unsaturated/α-hetero) is 1. The van der Waals surface area contributed by atoms with Crippen LogP contribution in [0.2, 0.25) is 0 Å². The molecule has 10 nitrogen and oxygen atoms in total. The zero-order valence-electron chi connectivity index (χ0n) is 31.0. The molecule has 2 aliphatic heterocycles. The molecule has 0 unspecified atom stereocenters. The van der Waals surface area contributed by atoms with Gasteiger partial charge in [0.1, 0.15) is 22.6 Å². The van der Waals surface area contributed by atoms with Crippen LogP contribution >= 0.6 is 25.3 Å². The molecule has 0 aliphatic carbocycles. The van der Waals surface area contributed by atoms with E-state index in [0.717, 1.165) is 44.2 Å². The molecule has 55 heavy (non-hydrogen) atoms. The zero-order valence-corrected chi connectivity index (χ0v) is 32.8. The standard InChI is InChI=1S/C43H36N8O2S2/c1-42(2,3)22-9-13-26-30(17-22)40-49-34-25-12-8-21(41(53)55)16-29(25)38(45-34)47-36-27-14-10-23(43(4,5)6)18-31(27)39(51-36)48-33-24-11-7-20(32(52)19-54)15-28(24)37(44-33)46-35(26)50-40/h7-18,54H,19H2,1-6H3,(H,53,55)(H2,44,45,46,47,48,49,50,51). The fourth-order valence-electron chi connectivity index (χ4n) is 7.12. The van der Waals surface area contributed by atoms with Gasteiger partial charge in [-0.2, -0.15) is 12.6 Å². The Balaban J connectivity index is 1.47. The number of fused-ring (bicyclic) bond motifs is 20. The van der Waals surface area contributed by atoms with Gasteiger partial charge in [0.15, 0.2) is 29.1 Å². The summed E-state index contributed by atoms with van der Waals surface area (Å²) in [5.74, 6) is 1.82. The third-order valence-corrected chi connectivity index (χ3v) is 10.8. The van der Waals surface area contributed by atoms with Crippen LogP contribution in [-0.4, -0.2) is 56.5 Å². The number of ketones is 1. The number of aromatic nitrogens is 8. The van der Waals surface area contributed by atoms with E-state index in [1.807, 2.05) is 30.3 Å². The van der Waals surface area contributed by atoms with Crippen molar-refractivity contribution in [2.75, 3.05) is 5.75 Å². The summed E-state index contributed by atoms with van der Waals surface area (Å²) in [6.45, 7) is 13.0. The van der Waals surface area contributed by atoms with Crippen LogP contribution in [0.25, 0.3) is 89.7 Å². The van der Waals surface area contributed by atoms with Gasteiger partial charge in [0, 0.05) is 54.9 Å². The Labute approximate surface area is 327 Å². The highest BCUT2D eigenvalue weighted by Crippen LogP contribution is 2.40. The van der Waals surface area contributed by atoms with Crippen LogP contribution in [-0.2, 0) is 10.8 Å². The Kier molecular flexibility index (Phi) is 7.90. The fraction of sp³-hybridized carbons (Fsp3) is 0.209. The van der Waals surface area contributed by atoms with E-state index in [9.17, 15) is 9.59 Å². The largest absolute Gasteiger partial charge is 0.324 e. The van der Waals surface area contributed by atoms with E-state index in [4.69, 9.17) is 29.9 Å². The molecule has 0 atom stereocenters. The molecule has 7 aromatic rings. The summed E-state index contributed by atoms with van der Waals surface area (Å²) in [5.41, 5.74) is 8.19. The lowest BCUT2D eigenvalue weighted by Gasteiger charge is -2.19. The first-order chi connectivity index (χ1) is 26.2. The minimum Gasteiger partial charge on any atom is -0.324 e. The van der Waals surface area contributed by atoms with Gasteiger partial charge in [0.2, 0.25) is 5.12 Å². The maximum atomic E-state index is 12.9. The first kappa shape index (κ1) is 35.0. The second kappa shape index (κ2) is 12.4. The number of carbonyl (C=O) groups excluding carboxylic acids is 2. The number of aromatic amines is 2. The second-order valence-corrected chi connectivity index (χ2v) is 16.8. The molecule has 2 aliphatic rings. The van der Waals surface area contributed by atoms with E-state index in [1.165, 1.54) is 0 Å². The van der Waals surface area contributed by atoms with Gasteiger partial charge < -0.3 is 9.97 Å². The number of nitrogens with zero attached hydrogens (tertiary/aromatic N) is 6. The molecular weight excluding hydrogens is 725 g/mol. The molecular formula is C43H36N8O2S2. The average molecular weight is 761 g/mol. The zero-order chi connectivity index (χ0) is 38.6. The van der Waals surface area contributed by atoms with E-state index >= 15 is 0 Å². The minimum absolute atomic E-state index is 0.0722. The number of thiol groups is 2. The molecule has 0 amide bonds. The molecule has 272 valence electrons. The number of hydrogen-bond donors (Lipinski definition) is 4. The summed E-state index contributed by atoms with van der Waals surface area (Å²) < 4.78 is 0. The summed E-state index contributed by atoms with van der Waals surface area (Å²) >= 11 is 8.37. The Bertz CT molecular complexity index is 2980. The number of hydrogen-bond acceptors (Lipinski definition) is 9. The van der Waals surface area contributed by atoms with E-state index < -0.39 is 0 Å². The van der Waals surface area contributed by atoms with Crippen molar-refractivity contribution in [2.45, 2.75) is 52.4 Å². The smallest absolute Gasteiger partial charge is 0.216 e. The summed E-state index contributed by atoms with van der Waals surface area (Å²) in [7, 11) is 0. The quantitative estimate of drug-likeness (QED) is 0.103. The molecule has 0 saturated heterocycles. The van der Waals surface area contributed by atoms with Crippen molar-refractivity contribution in [2.24, 2.45) is 0 Å². The van der Waals surface area contributed by atoms with Crippen molar-refractivity contribution < 1.29 is 9.59 Å². The summed E-state index contributed by atoms with van der Waals surface area (Å²) in [5, 5.41) is 2.55. The SMILES string of the molecule is CC(C)(C)c1ccc2c(c1)-c1nc-2nc2[nH]c(nc3nc(nc4[nH]c(n1)c1ccc(C(=O)S)cc41)-c1ccc(C(C)(C)C)cc1-3)c1ccc(C(=O)CS)cc21. The normalized spacial score (nSPS) is 12.6. The van der Waals surface area contributed by atoms with Gasteiger partial charge in [-0.3, -0.25) is 9.59 Å². The monoisotopic (exact) mass is 760 g/mol. The first-order valence-electron chi connectivity index (χ1n) is 17.9. The molecule has 2 N–H and O–H groups in total. The van der Waals surface area contributed by atoms with Gasteiger partial charge in [-0.1, -0.05) is 71.9 Å². The number of H-pyrrole nitrogens is 2. The van der Waals surface area contributed by atoms with Crippen LogP contribution in [0.1, 0.15) is 73.4 Å². The van der Waals surface area contributed by atoms with Crippen molar-refractivity contribution in [3.63, 3.8) is 0 Å². The predicted molar refractivity (Wildman–Crippen MR) is 225 cm³/mol. The predicted octanol–water partition coefficient (Wildman–Crippen LogP) is 9.65. The minimum atomic E-state index is -0.359. The van der Waals surface area contributed by atoms with E-state index in [-0.39, 0.29) is 27.5 Å². The van der Waals surface area contributed by atoms with Crippen LogP contribution in [0.3, 0.4) is 0 Å². The molecule has 0 spiro atoms. The third-order valence-electron chi connectivity index (χ3n) is 10.3. The highest BCUT2D eigenvalue weighted by Gasteiger charge is 2.26. The number of carbonyl (C=O) groups is 2. The highest BCUT2D eigenvalue weighted by atomic mass is 32.1. The van der Waals surface area contributed by atoms with Crippen molar-refractivity contribution in [1.82, 2.24) is 39.9 Å². The van der Waals surface area contributed by atoms with Crippen molar-refractivity contribution in [1.29, 1.82) is 0 Å². The van der Waals surface area contributed by atoms with Gasteiger partial charge in [0.25, 0.3) is 0 Å². The topological polar surface area (TPSA) is 143 Å². The number of rotatable bonds is 3. The Morgan fingerprint density at radius 2 is 0.909 bits per heavy atom. The maximum absolute atomic E-state index is 12.9.